The summed E-state index contributed by atoms with van der Waals surface area (Å²) in [5, 5.41) is 0. The summed E-state index contributed by atoms with van der Waals surface area (Å²) >= 11 is 0. The highest BCUT2D eigenvalue weighted by Crippen LogP contribution is 2.54. The van der Waals surface area contributed by atoms with Gasteiger partial charge in [0, 0.05) is 22.5 Å². The minimum absolute atomic E-state index is 0.0870. The van der Waals surface area contributed by atoms with E-state index >= 15 is 0 Å². The summed E-state index contributed by atoms with van der Waals surface area (Å²) in [4.78, 5) is 2.48. The van der Waals surface area contributed by atoms with Gasteiger partial charge in [-0.1, -0.05) is 148 Å². The molecule has 0 heterocycles. The Morgan fingerprint density at radius 3 is 1.28 bits per heavy atom. The summed E-state index contributed by atoms with van der Waals surface area (Å²) < 4.78 is 0. The van der Waals surface area contributed by atoms with E-state index in [1.54, 1.807) is 0 Å². The summed E-state index contributed by atoms with van der Waals surface area (Å²) in [6.07, 6.45) is 4.83. The molecule has 0 amide bonds. The number of nitrogens with zero attached hydrogens (tertiary/aromatic N) is 1. The largest absolute Gasteiger partial charge is 0.310 e. The first-order valence-electron chi connectivity index (χ1n) is 21.9. The molecule has 0 N–H and O–H groups in total. The van der Waals surface area contributed by atoms with Gasteiger partial charge in [-0.25, -0.2) is 0 Å². The Balaban J connectivity index is 1.19. The van der Waals surface area contributed by atoms with E-state index in [-0.39, 0.29) is 27.1 Å². The van der Waals surface area contributed by atoms with Crippen molar-refractivity contribution in [3.8, 4) is 33.4 Å². The average molecular weight is 762 g/mol. The van der Waals surface area contributed by atoms with Gasteiger partial charge in [0.15, 0.2) is 0 Å². The van der Waals surface area contributed by atoms with Gasteiger partial charge in [0.25, 0.3) is 0 Å². The van der Waals surface area contributed by atoms with Gasteiger partial charge in [-0.2, -0.15) is 0 Å². The van der Waals surface area contributed by atoms with Crippen molar-refractivity contribution in [3.05, 3.63) is 160 Å². The van der Waals surface area contributed by atoms with Gasteiger partial charge in [0.05, 0.1) is 0 Å². The Labute approximate surface area is 349 Å². The van der Waals surface area contributed by atoms with Crippen molar-refractivity contribution >= 4 is 17.1 Å². The van der Waals surface area contributed by atoms with Crippen molar-refractivity contribution in [3.63, 3.8) is 0 Å². The van der Waals surface area contributed by atoms with Crippen LogP contribution in [0.25, 0.3) is 33.4 Å². The summed E-state index contributed by atoms with van der Waals surface area (Å²) in [6.45, 7) is 28.9. The summed E-state index contributed by atoms with van der Waals surface area (Å²) in [5.74, 6) is 0. The smallest absolute Gasteiger partial charge is 0.0465 e. The van der Waals surface area contributed by atoms with Crippen LogP contribution in [-0.4, -0.2) is 0 Å². The van der Waals surface area contributed by atoms with E-state index in [9.17, 15) is 0 Å². The average Bonchev–Trinajstić information content (AvgIpc) is 3.41. The van der Waals surface area contributed by atoms with Gasteiger partial charge in [0.2, 0.25) is 0 Å². The van der Waals surface area contributed by atoms with Gasteiger partial charge in [0.1, 0.15) is 0 Å². The minimum Gasteiger partial charge on any atom is -0.310 e. The predicted octanol–water partition coefficient (Wildman–Crippen LogP) is 16.1. The molecule has 6 aromatic rings. The lowest BCUT2D eigenvalue weighted by Gasteiger charge is -2.43. The standard InChI is InChI=1S/C57H63N/c1-36-17-29-46-51(55(7,8)33-31-53(46,3)4)49(36)38-19-23-40(24-20-38)58(42-27-28-44-43-15-13-14-16-45(43)57(11,12)48(44)35-42)41-25-21-39(22-26-41)50-37(2)18-30-47-52(50)56(9,10)34-32-54(47,5)6/h13-30,35H,31-34H2,1-12H3. The lowest BCUT2D eigenvalue weighted by molar-refractivity contribution is 0.332. The van der Waals surface area contributed by atoms with Crippen molar-refractivity contribution in [1.82, 2.24) is 0 Å². The van der Waals surface area contributed by atoms with Crippen LogP contribution < -0.4 is 4.90 Å². The first-order valence-corrected chi connectivity index (χ1v) is 21.9. The van der Waals surface area contributed by atoms with Gasteiger partial charge in [-0.15, -0.1) is 0 Å². The molecular weight excluding hydrogens is 699 g/mol. The molecule has 0 aliphatic heterocycles. The molecule has 0 aromatic heterocycles. The molecule has 0 radical (unpaired) electrons. The molecule has 3 aliphatic carbocycles. The molecule has 0 saturated heterocycles. The number of anilines is 3. The predicted molar refractivity (Wildman–Crippen MR) is 250 cm³/mol. The molecule has 0 fully saturated rings. The van der Waals surface area contributed by atoms with Crippen molar-refractivity contribution in [2.75, 3.05) is 4.90 Å². The van der Waals surface area contributed by atoms with Crippen molar-refractivity contribution in [2.24, 2.45) is 0 Å². The fraction of sp³-hybridized carbons (Fsp3) is 0.368. The Morgan fingerprint density at radius 2 is 0.793 bits per heavy atom. The fourth-order valence-electron chi connectivity index (χ4n) is 11.3. The lowest BCUT2D eigenvalue weighted by Crippen LogP contribution is -2.34. The fourth-order valence-corrected chi connectivity index (χ4v) is 11.3. The zero-order valence-corrected chi connectivity index (χ0v) is 37.2. The summed E-state index contributed by atoms with van der Waals surface area (Å²) in [5.41, 5.74) is 23.8. The van der Waals surface area contributed by atoms with E-state index in [0.29, 0.717) is 0 Å². The summed E-state index contributed by atoms with van der Waals surface area (Å²) in [6, 6.07) is 44.6. The maximum Gasteiger partial charge on any atom is 0.0465 e. The molecule has 0 spiro atoms. The van der Waals surface area contributed by atoms with Crippen molar-refractivity contribution < 1.29 is 0 Å². The van der Waals surface area contributed by atoms with E-state index in [1.165, 1.54) is 121 Å². The lowest BCUT2D eigenvalue weighted by atomic mass is 9.61. The topological polar surface area (TPSA) is 3.24 Å². The van der Waals surface area contributed by atoms with Gasteiger partial charge in [-0.3, -0.25) is 0 Å². The Kier molecular flexibility index (Phi) is 8.70. The molecule has 1 nitrogen and oxygen atoms in total. The van der Waals surface area contributed by atoms with Gasteiger partial charge < -0.3 is 4.90 Å². The number of rotatable bonds is 5. The molecule has 296 valence electrons. The van der Waals surface area contributed by atoms with Crippen molar-refractivity contribution in [1.29, 1.82) is 0 Å². The van der Waals surface area contributed by atoms with Crippen LogP contribution in [0.4, 0.5) is 17.1 Å². The Hall–Kier alpha value is -4.88. The van der Waals surface area contributed by atoms with Crippen LogP contribution >= 0.6 is 0 Å². The maximum atomic E-state index is 2.48. The van der Waals surface area contributed by atoms with Crippen LogP contribution in [0.5, 0.6) is 0 Å². The molecule has 9 rings (SSSR count). The quantitative estimate of drug-likeness (QED) is 0.169. The van der Waals surface area contributed by atoms with E-state index < -0.39 is 0 Å². The second-order valence-corrected chi connectivity index (χ2v) is 21.2. The molecule has 0 bridgehead atoms. The zero-order valence-electron chi connectivity index (χ0n) is 37.2. The maximum absolute atomic E-state index is 2.48. The number of hydrogen-bond acceptors (Lipinski definition) is 1. The first-order chi connectivity index (χ1) is 27.3. The molecule has 0 atom stereocenters. The van der Waals surface area contributed by atoms with Gasteiger partial charge >= 0.3 is 0 Å². The molecule has 3 aliphatic rings. The van der Waals surface area contributed by atoms with E-state index in [0.717, 1.165) is 0 Å². The van der Waals surface area contributed by atoms with E-state index in [4.69, 9.17) is 0 Å². The highest BCUT2D eigenvalue weighted by Gasteiger charge is 2.41. The highest BCUT2D eigenvalue weighted by molar-refractivity contribution is 5.87. The molecule has 0 unspecified atom stereocenters. The molecule has 1 heteroatoms. The van der Waals surface area contributed by atoms with Crippen LogP contribution in [-0.2, 0) is 27.1 Å². The second-order valence-electron chi connectivity index (χ2n) is 21.2. The number of hydrogen-bond donors (Lipinski definition) is 0. The first kappa shape index (κ1) is 38.6. The normalized spacial score (nSPS) is 18.8. The number of fused-ring (bicyclic) bond motifs is 5. The Bertz CT molecular complexity index is 2460. The van der Waals surface area contributed by atoms with E-state index in [2.05, 4.69) is 203 Å². The number of benzene rings is 6. The molecular formula is C57H63N. The van der Waals surface area contributed by atoms with Crippen LogP contribution in [0, 0.1) is 13.8 Å². The third-order valence-electron chi connectivity index (χ3n) is 15.0. The number of aryl methyl sites for hydroxylation is 2. The zero-order chi connectivity index (χ0) is 41.2. The van der Waals surface area contributed by atoms with Crippen LogP contribution in [0.15, 0.2) is 115 Å². The SMILES string of the molecule is Cc1ccc2c(c1-c1ccc(N(c3ccc(-c4c(C)ccc5c4C(C)(C)CCC5(C)C)cc3)c3ccc4c(c3)C(C)(C)c3ccccc3-4)cc1)C(C)(C)CCC2(C)C. The monoisotopic (exact) mass is 761 g/mol. The molecule has 58 heavy (non-hydrogen) atoms. The van der Waals surface area contributed by atoms with Crippen LogP contribution in [0.2, 0.25) is 0 Å². The van der Waals surface area contributed by atoms with Crippen LogP contribution in [0.1, 0.15) is 139 Å². The molecule has 0 saturated carbocycles. The summed E-state index contributed by atoms with van der Waals surface area (Å²) in [7, 11) is 0. The third-order valence-corrected chi connectivity index (χ3v) is 15.0. The third kappa shape index (κ3) is 5.93. The molecule has 6 aromatic carbocycles. The van der Waals surface area contributed by atoms with Gasteiger partial charge in [-0.05, 0) is 175 Å². The van der Waals surface area contributed by atoms with Crippen LogP contribution in [0.3, 0.4) is 0 Å². The minimum atomic E-state index is -0.0870. The Morgan fingerprint density at radius 1 is 0.379 bits per heavy atom. The van der Waals surface area contributed by atoms with Crippen molar-refractivity contribution in [2.45, 2.75) is 136 Å². The highest BCUT2D eigenvalue weighted by atomic mass is 15.1. The van der Waals surface area contributed by atoms with E-state index in [1.807, 2.05) is 0 Å². The second kappa shape index (κ2) is 13.1.